The molecule has 1 saturated heterocycles. The summed E-state index contributed by atoms with van der Waals surface area (Å²) >= 11 is 0. The number of esters is 1. The SMILES string of the molecule is CCOC(=O)C1CCN(Cc2c(O)cc(C)c3c2OC(=Cc2cc4ccccc4o2)C3=O)CC1. The maximum Gasteiger partial charge on any atom is 0.309 e. The van der Waals surface area contributed by atoms with E-state index in [4.69, 9.17) is 13.9 Å². The third-order valence-electron chi connectivity index (χ3n) is 6.53. The minimum Gasteiger partial charge on any atom is -0.507 e. The molecule has 5 rings (SSSR count). The van der Waals surface area contributed by atoms with Crippen molar-refractivity contribution in [1.29, 1.82) is 0 Å². The summed E-state index contributed by atoms with van der Waals surface area (Å²) in [5.74, 6) is 0.737. The summed E-state index contributed by atoms with van der Waals surface area (Å²) in [6.45, 7) is 5.81. The van der Waals surface area contributed by atoms with Crippen molar-refractivity contribution in [2.75, 3.05) is 19.7 Å². The predicted octanol–water partition coefficient (Wildman–Crippen LogP) is 4.84. The summed E-state index contributed by atoms with van der Waals surface area (Å²) in [6.07, 6.45) is 3.00. The number of Topliss-reactive ketones (excluding diaryl/α,β-unsaturated/α-hetero) is 1. The Kier molecular flexibility index (Phi) is 5.87. The number of furan rings is 1. The number of carbonyl (C=O) groups is 2. The summed E-state index contributed by atoms with van der Waals surface area (Å²) in [5.41, 5.74) is 2.45. The normalized spacial score (nSPS) is 17.8. The highest BCUT2D eigenvalue weighted by atomic mass is 16.5. The van der Waals surface area contributed by atoms with Gasteiger partial charge in [0.25, 0.3) is 0 Å². The number of piperidine rings is 1. The van der Waals surface area contributed by atoms with Crippen LogP contribution in [0, 0.1) is 12.8 Å². The lowest BCUT2D eigenvalue weighted by molar-refractivity contribution is -0.149. The Balaban J connectivity index is 1.38. The summed E-state index contributed by atoms with van der Waals surface area (Å²) in [4.78, 5) is 27.4. The molecule has 1 aromatic heterocycles. The number of nitrogens with zero attached hydrogens (tertiary/aromatic N) is 1. The Morgan fingerprint density at radius 1 is 1.24 bits per heavy atom. The lowest BCUT2D eigenvalue weighted by Gasteiger charge is -2.31. The summed E-state index contributed by atoms with van der Waals surface area (Å²) in [5, 5.41) is 11.7. The predicted molar refractivity (Wildman–Crippen MR) is 127 cm³/mol. The highest BCUT2D eigenvalue weighted by Crippen LogP contribution is 2.42. The molecule has 2 aromatic carbocycles. The van der Waals surface area contributed by atoms with Crippen molar-refractivity contribution >= 4 is 28.8 Å². The molecule has 0 saturated carbocycles. The molecule has 0 spiro atoms. The van der Waals surface area contributed by atoms with Crippen molar-refractivity contribution in [2.45, 2.75) is 33.2 Å². The van der Waals surface area contributed by atoms with Crippen molar-refractivity contribution in [2.24, 2.45) is 5.92 Å². The van der Waals surface area contributed by atoms with Crippen LogP contribution in [0.5, 0.6) is 11.5 Å². The monoisotopic (exact) mass is 461 g/mol. The van der Waals surface area contributed by atoms with Gasteiger partial charge >= 0.3 is 5.97 Å². The first kappa shape index (κ1) is 22.2. The van der Waals surface area contributed by atoms with E-state index in [2.05, 4.69) is 4.90 Å². The van der Waals surface area contributed by atoms with Crippen LogP contribution in [0.25, 0.3) is 17.0 Å². The number of likely N-dealkylation sites (tertiary alicyclic amines) is 1. The molecule has 1 fully saturated rings. The molecule has 0 bridgehead atoms. The van der Waals surface area contributed by atoms with Gasteiger partial charge in [-0.05, 0) is 63.5 Å². The van der Waals surface area contributed by atoms with Crippen LogP contribution in [-0.4, -0.2) is 41.5 Å². The van der Waals surface area contributed by atoms with Crippen LogP contribution in [0.4, 0.5) is 0 Å². The number of benzene rings is 2. The average molecular weight is 462 g/mol. The molecule has 0 aliphatic carbocycles. The van der Waals surface area contributed by atoms with E-state index in [0.717, 1.165) is 11.0 Å². The lowest BCUT2D eigenvalue weighted by atomic mass is 9.95. The van der Waals surface area contributed by atoms with Crippen molar-refractivity contribution in [1.82, 2.24) is 4.90 Å². The number of para-hydroxylation sites is 1. The summed E-state index contributed by atoms with van der Waals surface area (Å²) in [6, 6.07) is 11.1. The highest BCUT2D eigenvalue weighted by Gasteiger charge is 2.35. The minimum absolute atomic E-state index is 0.0929. The fourth-order valence-corrected chi connectivity index (χ4v) is 4.75. The minimum atomic E-state index is -0.227. The molecule has 7 nitrogen and oxygen atoms in total. The standard InChI is InChI=1S/C27H27NO6/c1-3-32-27(31)17-8-10-28(11-9-17)15-20-21(29)12-16(2)24-25(30)23(34-26(20)24)14-19-13-18-6-4-5-7-22(18)33-19/h4-7,12-14,17,29H,3,8-11,15H2,1-2H3. The van der Waals surface area contributed by atoms with Crippen LogP contribution in [0.1, 0.15) is 47.0 Å². The smallest absolute Gasteiger partial charge is 0.309 e. The number of ketones is 1. The van der Waals surface area contributed by atoms with Crippen LogP contribution in [0.2, 0.25) is 0 Å². The summed E-state index contributed by atoms with van der Waals surface area (Å²) < 4.78 is 17.0. The number of carbonyl (C=O) groups excluding carboxylic acids is 2. The van der Waals surface area contributed by atoms with Gasteiger partial charge in [0.15, 0.2) is 5.76 Å². The summed E-state index contributed by atoms with van der Waals surface area (Å²) in [7, 11) is 0. The van der Waals surface area contributed by atoms with Gasteiger partial charge in [-0.25, -0.2) is 0 Å². The van der Waals surface area contributed by atoms with Gasteiger partial charge in [0.1, 0.15) is 22.8 Å². The second-order valence-electron chi connectivity index (χ2n) is 8.82. The first-order valence-electron chi connectivity index (χ1n) is 11.6. The molecule has 2 aliphatic rings. The molecule has 2 aliphatic heterocycles. The fourth-order valence-electron chi connectivity index (χ4n) is 4.75. The van der Waals surface area contributed by atoms with Crippen LogP contribution in [0.3, 0.4) is 0 Å². The molecule has 7 heteroatoms. The lowest BCUT2D eigenvalue weighted by Crippen LogP contribution is -2.36. The van der Waals surface area contributed by atoms with Crippen molar-refractivity contribution < 1.29 is 28.6 Å². The van der Waals surface area contributed by atoms with Gasteiger partial charge in [0.05, 0.1) is 23.7 Å². The fraction of sp³-hybridized carbons (Fsp3) is 0.333. The van der Waals surface area contributed by atoms with Crippen LogP contribution < -0.4 is 4.74 Å². The zero-order valence-electron chi connectivity index (χ0n) is 19.3. The average Bonchev–Trinajstić information content (AvgIpc) is 3.38. The number of ether oxygens (including phenoxy) is 2. The third kappa shape index (κ3) is 4.07. The number of fused-ring (bicyclic) bond motifs is 2. The molecular formula is C27H27NO6. The van der Waals surface area contributed by atoms with Gasteiger partial charge < -0.3 is 19.0 Å². The second kappa shape index (κ2) is 8.99. The Labute approximate surface area is 197 Å². The molecule has 0 atom stereocenters. The van der Waals surface area contributed by atoms with Gasteiger partial charge in [0.2, 0.25) is 5.78 Å². The van der Waals surface area contributed by atoms with Crippen molar-refractivity contribution in [3.63, 3.8) is 0 Å². The number of hydrogen-bond donors (Lipinski definition) is 1. The van der Waals surface area contributed by atoms with E-state index in [1.807, 2.05) is 37.3 Å². The van der Waals surface area contributed by atoms with Gasteiger partial charge in [-0.15, -0.1) is 0 Å². The Hall–Kier alpha value is -3.58. The molecule has 176 valence electrons. The van der Waals surface area contributed by atoms with E-state index in [9.17, 15) is 14.7 Å². The van der Waals surface area contributed by atoms with E-state index < -0.39 is 0 Å². The zero-order valence-corrected chi connectivity index (χ0v) is 19.3. The number of rotatable bonds is 5. The van der Waals surface area contributed by atoms with Gasteiger partial charge in [-0.1, -0.05) is 18.2 Å². The number of aryl methyl sites for hydroxylation is 1. The van der Waals surface area contributed by atoms with E-state index >= 15 is 0 Å². The highest BCUT2D eigenvalue weighted by molar-refractivity contribution is 6.15. The van der Waals surface area contributed by atoms with Gasteiger partial charge in [0, 0.05) is 18.0 Å². The molecule has 0 radical (unpaired) electrons. The molecule has 3 aromatic rings. The quantitative estimate of drug-likeness (QED) is 0.430. The van der Waals surface area contributed by atoms with Gasteiger partial charge in [-0.2, -0.15) is 0 Å². The molecule has 3 heterocycles. The van der Waals surface area contributed by atoms with Crippen LogP contribution in [-0.2, 0) is 16.1 Å². The molecule has 1 N–H and O–H groups in total. The second-order valence-corrected chi connectivity index (χ2v) is 8.82. The van der Waals surface area contributed by atoms with E-state index in [0.29, 0.717) is 67.3 Å². The van der Waals surface area contributed by atoms with E-state index in [1.54, 1.807) is 19.1 Å². The Morgan fingerprint density at radius 2 is 2.00 bits per heavy atom. The van der Waals surface area contributed by atoms with Crippen molar-refractivity contribution in [3.8, 4) is 11.5 Å². The molecular weight excluding hydrogens is 434 g/mol. The Bertz CT molecular complexity index is 1260. The number of phenolic OH excluding ortho intramolecular Hbond substituents is 1. The molecule has 34 heavy (non-hydrogen) atoms. The van der Waals surface area contributed by atoms with Crippen LogP contribution in [0.15, 0.2) is 46.6 Å². The third-order valence-corrected chi connectivity index (χ3v) is 6.53. The Morgan fingerprint density at radius 3 is 2.74 bits per heavy atom. The van der Waals surface area contributed by atoms with Crippen molar-refractivity contribution in [3.05, 3.63) is 64.6 Å². The maximum absolute atomic E-state index is 13.2. The number of phenols is 1. The first-order valence-corrected chi connectivity index (χ1v) is 11.6. The van der Waals surface area contributed by atoms with E-state index in [1.165, 1.54) is 0 Å². The topological polar surface area (TPSA) is 89.2 Å². The van der Waals surface area contributed by atoms with Crippen LogP contribution >= 0.6 is 0 Å². The largest absolute Gasteiger partial charge is 0.507 e. The number of allylic oxidation sites excluding steroid dienone is 1. The maximum atomic E-state index is 13.2. The molecule has 0 unspecified atom stereocenters. The first-order chi connectivity index (χ1) is 16.4. The molecule has 0 amide bonds. The van der Waals surface area contributed by atoms with E-state index in [-0.39, 0.29) is 29.2 Å². The number of hydrogen-bond acceptors (Lipinski definition) is 7. The number of aromatic hydroxyl groups is 1. The zero-order chi connectivity index (χ0) is 23.8. The van der Waals surface area contributed by atoms with Gasteiger partial charge in [-0.3, -0.25) is 14.5 Å².